The highest BCUT2D eigenvalue weighted by Gasteiger charge is 2.17. The molecule has 1 aliphatic rings. The Hall–Kier alpha value is -2.49. The average molecular weight is 573 g/mol. The van der Waals surface area contributed by atoms with Gasteiger partial charge in [0.1, 0.15) is 5.82 Å². The van der Waals surface area contributed by atoms with Gasteiger partial charge in [0.15, 0.2) is 0 Å². The zero-order valence-electron chi connectivity index (χ0n) is 24.4. The number of nitrogens with zero attached hydrogens (tertiary/aromatic N) is 3. The zero-order chi connectivity index (χ0) is 28.6. The second-order valence-corrected chi connectivity index (χ2v) is 12.3. The number of unbranched alkanes of at least 4 members (excludes halogenated alkanes) is 9. The van der Waals surface area contributed by atoms with E-state index in [1.807, 2.05) is 19.1 Å². The smallest absolute Gasteiger partial charge is 0.296 e. The molecule has 0 aliphatic carbocycles. The van der Waals surface area contributed by atoms with Crippen molar-refractivity contribution in [1.29, 1.82) is 0 Å². The van der Waals surface area contributed by atoms with E-state index < -0.39 is 10.1 Å². The van der Waals surface area contributed by atoms with E-state index in [4.69, 9.17) is 4.18 Å². The SMILES string of the molecule is CCN1CCN(c2ccc(C(=O)NCCCCCCCCCCCCOS(=O)(=O)c3ccc(C)cc3)cn2)CC1. The number of hydrogen-bond donors (Lipinski definition) is 1. The van der Waals surface area contributed by atoms with Crippen LogP contribution in [0.3, 0.4) is 0 Å². The minimum absolute atomic E-state index is 0.0481. The summed E-state index contributed by atoms with van der Waals surface area (Å²) in [6.45, 7) is 10.2. The van der Waals surface area contributed by atoms with Crippen LogP contribution in [0.5, 0.6) is 0 Å². The maximum atomic E-state index is 12.4. The van der Waals surface area contributed by atoms with Crippen molar-refractivity contribution in [3.63, 3.8) is 0 Å². The van der Waals surface area contributed by atoms with Crippen LogP contribution in [0.2, 0.25) is 0 Å². The van der Waals surface area contributed by atoms with Crippen molar-refractivity contribution in [1.82, 2.24) is 15.2 Å². The number of hydrogen-bond acceptors (Lipinski definition) is 7. The Morgan fingerprint density at radius 2 is 1.45 bits per heavy atom. The quantitative estimate of drug-likeness (QED) is 0.184. The molecule has 0 unspecified atom stereocenters. The lowest BCUT2D eigenvalue weighted by atomic mass is 10.1. The standard InChI is InChI=1S/C31H48N4O4S/c1-3-34-21-23-35(24-22-34)30-19-16-28(26-33-30)31(36)32-20-12-10-8-6-4-5-7-9-11-13-25-39-40(37,38)29-17-14-27(2)15-18-29/h14-19,26H,3-13,20-25H2,1-2H3,(H,32,36). The number of aromatic nitrogens is 1. The van der Waals surface area contributed by atoms with Gasteiger partial charge in [-0.3, -0.25) is 8.98 Å². The van der Waals surface area contributed by atoms with Gasteiger partial charge in [-0.05, 0) is 50.6 Å². The molecular formula is C31H48N4O4S. The van der Waals surface area contributed by atoms with Gasteiger partial charge in [-0.25, -0.2) is 4.98 Å². The van der Waals surface area contributed by atoms with Gasteiger partial charge in [0.2, 0.25) is 0 Å². The second-order valence-electron chi connectivity index (χ2n) is 10.7. The molecule has 1 amide bonds. The molecule has 0 saturated carbocycles. The lowest BCUT2D eigenvalue weighted by molar-refractivity contribution is 0.0952. The summed E-state index contributed by atoms with van der Waals surface area (Å²) in [7, 11) is -3.65. The van der Waals surface area contributed by atoms with Crippen molar-refractivity contribution in [2.24, 2.45) is 0 Å². The Bertz CT molecular complexity index is 1100. The van der Waals surface area contributed by atoms with E-state index in [2.05, 4.69) is 27.0 Å². The Labute approximate surface area is 241 Å². The van der Waals surface area contributed by atoms with Gasteiger partial charge >= 0.3 is 0 Å². The normalized spacial score (nSPS) is 14.4. The van der Waals surface area contributed by atoms with Crippen LogP contribution < -0.4 is 10.2 Å². The van der Waals surface area contributed by atoms with Gasteiger partial charge in [0, 0.05) is 38.9 Å². The van der Waals surface area contributed by atoms with E-state index in [1.54, 1.807) is 30.5 Å². The van der Waals surface area contributed by atoms with Crippen LogP contribution in [0.25, 0.3) is 0 Å². The first kappa shape index (κ1) is 32.0. The highest BCUT2D eigenvalue weighted by atomic mass is 32.2. The number of likely N-dealkylation sites (N-methyl/N-ethyl adjacent to an activating group) is 1. The maximum absolute atomic E-state index is 12.4. The molecule has 0 spiro atoms. The fraction of sp³-hybridized carbons (Fsp3) is 0.613. The molecule has 40 heavy (non-hydrogen) atoms. The lowest BCUT2D eigenvalue weighted by Gasteiger charge is -2.34. The first-order chi connectivity index (χ1) is 19.4. The summed E-state index contributed by atoms with van der Waals surface area (Å²) in [5.41, 5.74) is 1.64. The zero-order valence-corrected chi connectivity index (χ0v) is 25.3. The van der Waals surface area contributed by atoms with E-state index in [0.29, 0.717) is 12.1 Å². The topological polar surface area (TPSA) is 91.8 Å². The van der Waals surface area contributed by atoms with Crippen molar-refractivity contribution < 1.29 is 17.4 Å². The predicted octanol–water partition coefficient (Wildman–Crippen LogP) is 5.57. The van der Waals surface area contributed by atoms with Gasteiger partial charge < -0.3 is 15.1 Å². The van der Waals surface area contributed by atoms with Gasteiger partial charge in [0.25, 0.3) is 16.0 Å². The van der Waals surface area contributed by atoms with Crippen LogP contribution in [-0.2, 0) is 14.3 Å². The molecule has 1 saturated heterocycles. The largest absolute Gasteiger partial charge is 0.354 e. The summed E-state index contributed by atoms with van der Waals surface area (Å²) in [5.74, 6) is 0.902. The Balaban J connectivity index is 1.13. The Kier molecular flexibility index (Phi) is 13.9. The molecule has 8 nitrogen and oxygen atoms in total. The molecule has 2 heterocycles. The first-order valence-corrected chi connectivity index (χ1v) is 16.5. The van der Waals surface area contributed by atoms with E-state index in [-0.39, 0.29) is 17.4 Å². The lowest BCUT2D eigenvalue weighted by Crippen LogP contribution is -2.46. The number of amides is 1. The highest BCUT2D eigenvalue weighted by Crippen LogP contribution is 2.16. The third-order valence-corrected chi connectivity index (χ3v) is 8.88. The van der Waals surface area contributed by atoms with E-state index in [9.17, 15) is 13.2 Å². The van der Waals surface area contributed by atoms with E-state index >= 15 is 0 Å². The number of piperazine rings is 1. The fourth-order valence-electron chi connectivity index (χ4n) is 4.89. The van der Waals surface area contributed by atoms with E-state index in [1.165, 1.54) is 32.1 Å². The van der Waals surface area contributed by atoms with Gasteiger partial charge in [-0.2, -0.15) is 8.42 Å². The summed E-state index contributed by atoms with van der Waals surface area (Å²) in [5, 5.41) is 3.02. The number of carbonyl (C=O) groups is 1. The molecular weight excluding hydrogens is 524 g/mol. The van der Waals surface area contributed by atoms with Gasteiger partial charge in [-0.15, -0.1) is 0 Å². The number of pyridine rings is 1. The summed E-state index contributed by atoms with van der Waals surface area (Å²) in [6.07, 6.45) is 12.6. The summed E-state index contributed by atoms with van der Waals surface area (Å²) < 4.78 is 29.5. The van der Waals surface area contributed by atoms with Crippen molar-refractivity contribution >= 4 is 21.8 Å². The Morgan fingerprint density at radius 3 is 2.02 bits per heavy atom. The minimum atomic E-state index is -3.65. The summed E-state index contributed by atoms with van der Waals surface area (Å²) >= 11 is 0. The van der Waals surface area contributed by atoms with Crippen LogP contribution >= 0.6 is 0 Å². The molecule has 2 aromatic rings. The molecule has 1 aromatic carbocycles. The van der Waals surface area contributed by atoms with Crippen molar-refractivity contribution in [3.05, 3.63) is 53.7 Å². The van der Waals surface area contributed by atoms with Crippen molar-refractivity contribution in [2.45, 2.75) is 83.0 Å². The monoisotopic (exact) mass is 572 g/mol. The molecule has 0 bridgehead atoms. The molecule has 9 heteroatoms. The number of rotatable bonds is 18. The number of benzene rings is 1. The van der Waals surface area contributed by atoms with Crippen LogP contribution in [0.1, 0.15) is 87.1 Å². The summed E-state index contributed by atoms with van der Waals surface area (Å²) in [6, 6.07) is 10.6. The second kappa shape index (κ2) is 17.4. The first-order valence-electron chi connectivity index (χ1n) is 15.1. The summed E-state index contributed by atoms with van der Waals surface area (Å²) in [4.78, 5) is 21.9. The predicted molar refractivity (Wildman–Crippen MR) is 161 cm³/mol. The van der Waals surface area contributed by atoms with Gasteiger partial charge in [0.05, 0.1) is 17.1 Å². The molecule has 1 aromatic heterocycles. The molecule has 1 N–H and O–H groups in total. The maximum Gasteiger partial charge on any atom is 0.296 e. The fourth-order valence-corrected chi connectivity index (χ4v) is 5.83. The third kappa shape index (κ3) is 11.2. The molecule has 1 fully saturated rings. The van der Waals surface area contributed by atoms with Crippen molar-refractivity contribution in [3.8, 4) is 0 Å². The van der Waals surface area contributed by atoms with Crippen molar-refractivity contribution in [2.75, 3.05) is 50.8 Å². The highest BCUT2D eigenvalue weighted by molar-refractivity contribution is 7.86. The Morgan fingerprint density at radius 1 is 0.850 bits per heavy atom. The van der Waals surface area contributed by atoms with E-state index in [0.717, 1.165) is 76.2 Å². The molecule has 222 valence electrons. The molecule has 0 atom stereocenters. The third-order valence-electron chi connectivity index (χ3n) is 7.56. The van der Waals surface area contributed by atoms with Crippen LogP contribution in [0, 0.1) is 6.92 Å². The minimum Gasteiger partial charge on any atom is -0.354 e. The van der Waals surface area contributed by atoms with Gasteiger partial charge in [-0.1, -0.05) is 76.0 Å². The molecule has 3 rings (SSSR count). The molecule has 0 radical (unpaired) electrons. The van der Waals surface area contributed by atoms with Crippen LogP contribution in [0.4, 0.5) is 5.82 Å². The van der Waals surface area contributed by atoms with Crippen LogP contribution in [0.15, 0.2) is 47.5 Å². The number of aryl methyl sites for hydroxylation is 1. The van der Waals surface area contributed by atoms with Crippen LogP contribution in [-0.4, -0.2) is 70.1 Å². The molecule has 1 aliphatic heterocycles. The average Bonchev–Trinajstić information content (AvgIpc) is 2.97. The number of nitrogens with one attached hydrogen (secondary N) is 1. The number of anilines is 1. The number of carbonyl (C=O) groups excluding carboxylic acids is 1.